The highest BCUT2D eigenvalue weighted by atomic mass is 14.1. The lowest BCUT2D eigenvalue weighted by atomic mass is 9.90. The molecule has 0 aromatic carbocycles. The Hall–Kier alpha value is -0.440. The normalized spacial score (nSPS) is 15.5. The first-order valence-corrected chi connectivity index (χ1v) is 4.68. The largest absolute Gasteiger partial charge is 0.120 e. The maximum absolute atomic E-state index is 5.27. The van der Waals surface area contributed by atoms with Crippen molar-refractivity contribution in [1.82, 2.24) is 0 Å². The molecule has 0 bridgehead atoms. The molecule has 0 aliphatic rings. The Morgan fingerprint density at radius 2 is 1.91 bits per heavy atom. The van der Waals surface area contributed by atoms with Gasteiger partial charge in [0, 0.05) is 6.42 Å². The number of rotatable bonds is 5. The summed E-state index contributed by atoms with van der Waals surface area (Å²) >= 11 is 0. The Morgan fingerprint density at radius 3 is 2.27 bits per heavy atom. The monoisotopic (exact) mass is 152 g/mol. The first kappa shape index (κ1) is 10.6. The predicted molar refractivity (Wildman–Crippen MR) is 51.3 cm³/mol. The van der Waals surface area contributed by atoms with Crippen molar-refractivity contribution >= 4 is 0 Å². The molecular weight excluding hydrogens is 132 g/mol. The van der Waals surface area contributed by atoms with E-state index in [1.165, 1.54) is 19.3 Å². The summed E-state index contributed by atoms with van der Waals surface area (Å²) in [5.41, 5.74) is 0. The Morgan fingerprint density at radius 1 is 1.27 bits per heavy atom. The molecule has 64 valence electrons. The van der Waals surface area contributed by atoms with Crippen molar-refractivity contribution in [3.63, 3.8) is 0 Å². The molecule has 0 saturated carbocycles. The van der Waals surface area contributed by atoms with E-state index in [1.807, 2.05) is 0 Å². The molecule has 0 heterocycles. The molecule has 2 unspecified atom stereocenters. The van der Waals surface area contributed by atoms with Crippen molar-refractivity contribution in [2.75, 3.05) is 0 Å². The van der Waals surface area contributed by atoms with Crippen LogP contribution in [0.2, 0.25) is 0 Å². The summed E-state index contributed by atoms with van der Waals surface area (Å²) in [7, 11) is 0. The minimum atomic E-state index is 0.759. The van der Waals surface area contributed by atoms with Gasteiger partial charge in [0.25, 0.3) is 0 Å². The second-order valence-corrected chi connectivity index (χ2v) is 3.43. The fraction of sp³-hybridized carbons (Fsp3) is 0.818. The Kier molecular flexibility index (Phi) is 6.03. The van der Waals surface area contributed by atoms with E-state index < -0.39 is 0 Å². The fourth-order valence-electron chi connectivity index (χ4n) is 1.30. The summed E-state index contributed by atoms with van der Waals surface area (Å²) in [6, 6.07) is 0. The van der Waals surface area contributed by atoms with E-state index in [0.717, 1.165) is 18.3 Å². The topological polar surface area (TPSA) is 0 Å². The Balaban J connectivity index is 3.60. The van der Waals surface area contributed by atoms with Crippen LogP contribution in [-0.4, -0.2) is 0 Å². The molecule has 0 spiro atoms. The van der Waals surface area contributed by atoms with E-state index in [4.69, 9.17) is 6.42 Å². The maximum Gasteiger partial charge on any atom is 0.0114 e. The summed E-state index contributed by atoms with van der Waals surface area (Å²) in [6.45, 7) is 6.77. The zero-order chi connectivity index (χ0) is 8.69. The lowest BCUT2D eigenvalue weighted by Gasteiger charge is -2.15. The van der Waals surface area contributed by atoms with Gasteiger partial charge in [-0.15, -0.1) is 12.3 Å². The van der Waals surface area contributed by atoms with Crippen LogP contribution >= 0.6 is 0 Å². The molecular formula is C11H20. The standard InChI is InChI=1S/C11H20/c1-5-8-11(7-3)9-10(4)6-2/h1,10-11H,6-9H2,2-4H3. The van der Waals surface area contributed by atoms with Crippen LogP contribution in [0.25, 0.3) is 0 Å². The average molecular weight is 152 g/mol. The second kappa shape index (κ2) is 6.28. The third-order valence-corrected chi connectivity index (χ3v) is 2.42. The van der Waals surface area contributed by atoms with Crippen LogP contribution in [0.4, 0.5) is 0 Å². The van der Waals surface area contributed by atoms with Gasteiger partial charge in [-0.05, 0) is 18.3 Å². The molecule has 0 N–H and O–H groups in total. The highest BCUT2D eigenvalue weighted by Gasteiger charge is 2.08. The summed E-state index contributed by atoms with van der Waals surface area (Å²) in [6.07, 6.45) is 10.0. The third kappa shape index (κ3) is 4.90. The molecule has 0 fully saturated rings. The molecule has 11 heavy (non-hydrogen) atoms. The number of hydrogen-bond acceptors (Lipinski definition) is 0. The van der Waals surface area contributed by atoms with Crippen LogP contribution in [0.15, 0.2) is 0 Å². The molecule has 0 aromatic heterocycles. The average Bonchev–Trinajstić information content (AvgIpc) is 2.03. The highest BCUT2D eigenvalue weighted by Crippen LogP contribution is 2.20. The van der Waals surface area contributed by atoms with E-state index in [-0.39, 0.29) is 0 Å². The van der Waals surface area contributed by atoms with Crippen LogP contribution in [0.5, 0.6) is 0 Å². The van der Waals surface area contributed by atoms with E-state index in [1.54, 1.807) is 0 Å². The van der Waals surface area contributed by atoms with Gasteiger partial charge >= 0.3 is 0 Å². The molecule has 0 aliphatic carbocycles. The van der Waals surface area contributed by atoms with E-state index in [9.17, 15) is 0 Å². The molecule has 0 radical (unpaired) electrons. The zero-order valence-corrected chi connectivity index (χ0v) is 8.06. The van der Waals surface area contributed by atoms with Crippen LogP contribution in [0, 0.1) is 24.2 Å². The van der Waals surface area contributed by atoms with E-state index in [0.29, 0.717) is 0 Å². The first-order valence-electron chi connectivity index (χ1n) is 4.68. The Bertz CT molecular complexity index is 118. The fourth-order valence-corrected chi connectivity index (χ4v) is 1.30. The van der Waals surface area contributed by atoms with Crippen LogP contribution in [0.3, 0.4) is 0 Å². The van der Waals surface area contributed by atoms with Crippen LogP contribution in [-0.2, 0) is 0 Å². The summed E-state index contributed by atoms with van der Waals surface area (Å²) in [5, 5.41) is 0. The van der Waals surface area contributed by atoms with Gasteiger partial charge in [-0.3, -0.25) is 0 Å². The minimum Gasteiger partial charge on any atom is -0.120 e. The number of terminal acetylenes is 1. The quantitative estimate of drug-likeness (QED) is 0.529. The smallest absolute Gasteiger partial charge is 0.0114 e. The van der Waals surface area contributed by atoms with Crippen molar-refractivity contribution in [2.45, 2.75) is 46.5 Å². The Labute approximate surface area is 71.4 Å². The SMILES string of the molecule is C#CCC(CC)CC(C)CC. The first-order chi connectivity index (χ1) is 5.24. The molecule has 0 aromatic rings. The van der Waals surface area contributed by atoms with Gasteiger partial charge in [0.05, 0.1) is 0 Å². The van der Waals surface area contributed by atoms with Crippen molar-refractivity contribution in [2.24, 2.45) is 11.8 Å². The molecule has 0 nitrogen and oxygen atoms in total. The molecule has 0 amide bonds. The van der Waals surface area contributed by atoms with Crippen LogP contribution in [0.1, 0.15) is 46.5 Å². The molecule has 2 atom stereocenters. The summed E-state index contributed by atoms with van der Waals surface area (Å²) in [4.78, 5) is 0. The molecule has 0 saturated heterocycles. The van der Waals surface area contributed by atoms with E-state index >= 15 is 0 Å². The molecule has 0 heteroatoms. The van der Waals surface area contributed by atoms with Crippen molar-refractivity contribution in [1.29, 1.82) is 0 Å². The van der Waals surface area contributed by atoms with Gasteiger partial charge in [-0.2, -0.15) is 0 Å². The predicted octanol–water partition coefficient (Wildman–Crippen LogP) is 3.47. The summed E-state index contributed by atoms with van der Waals surface area (Å²) in [5.74, 6) is 4.35. The van der Waals surface area contributed by atoms with Gasteiger partial charge in [0.1, 0.15) is 0 Å². The van der Waals surface area contributed by atoms with Crippen molar-refractivity contribution < 1.29 is 0 Å². The van der Waals surface area contributed by atoms with Gasteiger partial charge in [0.15, 0.2) is 0 Å². The van der Waals surface area contributed by atoms with Crippen molar-refractivity contribution in [3.8, 4) is 12.3 Å². The summed E-state index contributed by atoms with van der Waals surface area (Å²) < 4.78 is 0. The van der Waals surface area contributed by atoms with Crippen LogP contribution < -0.4 is 0 Å². The second-order valence-electron chi connectivity index (χ2n) is 3.43. The van der Waals surface area contributed by atoms with Gasteiger partial charge in [0.2, 0.25) is 0 Å². The molecule has 0 rings (SSSR count). The highest BCUT2D eigenvalue weighted by molar-refractivity contribution is 4.86. The lowest BCUT2D eigenvalue weighted by molar-refractivity contribution is 0.379. The third-order valence-electron chi connectivity index (χ3n) is 2.42. The maximum atomic E-state index is 5.27. The minimum absolute atomic E-state index is 0.759. The zero-order valence-electron chi connectivity index (χ0n) is 8.06. The lowest BCUT2D eigenvalue weighted by Crippen LogP contribution is -2.04. The molecule has 0 aliphatic heterocycles. The van der Waals surface area contributed by atoms with Gasteiger partial charge in [-0.1, -0.05) is 33.6 Å². The number of hydrogen-bond donors (Lipinski definition) is 0. The van der Waals surface area contributed by atoms with E-state index in [2.05, 4.69) is 26.7 Å². The van der Waals surface area contributed by atoms with Gasteiger partial charge < -0.3 is 0 Å². The van der Waals surface area contributed by atoms with Crippen molar-refractivity contribution in [3.05, 3.63) is 0 Å². The van der Waals surface area contributed by atoms with Gasteiger partial charge in [-0.25, -0.2) is 0 Å².